The molecule has 0 amide bonds. The van der Waals surface area contributed by atoms with Gasteiger partial charge in [-0.25, -0.2) is 0 Å². The predicted octanol–water partition coefficient (Wildman–Crippen LogP) is 4.37. The lowest BCUT2D eigenvalue weighted by molar-refractivity contribution is 0.652. The van der Waals surface area contributed by atoms with Crippen LogP contribution < -0.4 is 10.2 Å². The maximum atomic E-state index is 3.47. The summed E-state index contributed by atoms with van der Waals surface area (Å²) in [5.74, 6) is 0. The average Bonchev–Trinajstić information content (AvgIpc) is 2.49. The van der Waals surface area contributed by atoms with Crippen LogP contribution in [0.3, 0.4) is 0 Å². The van der Waals surface area contributed by atoms with Gasteiger partial charge >= 0.3 is 0 Å². The maximum absolute atomic E-state index is 3.47. The Balaban J connectivity index is 2.05. The predicted molar refractivity (Wildman–Crippen MR) is 90.2 cm³/mol. The number of benzene rings is 2. The lowest BCUT2D eigenvalue weighted by Gasteiger charge is -2.20. The third-order valence-corrected chi connectivity index (χ3v) is 4.13. The van der Waals surface area contributed by atoms with Gasteiger partial charge in [0, 0.05) is 29.8 Å². The zero-order valence-electron chi connectivity index (χ0n) is 12.2. The number of halogens is 1. The first-order chi connectivity index (χ1) is 9.60. The highest BCUT2D eigenvalue weighted by Crippen LogP contribution is 2.20. The first kappa shape index (κ1) is 15.1. The van der Waals surface area contributed by atoms with Gasteiger partial charge in [-0.2, -0.15) is 0 Å². The van der Waals surface area contributed by atoms with Gasteiger partial charge in [0.15, 0.2) is 0 Å². The Morgan fingerprint density at radius 1 is 1.05 bits per heavy atom. The van der Waals surface area contributed by atoms with Gasteiger partial charge in [0.05, 0.1) is 0 Å². The molecule has 3 heteroatoms. The minimum Gasteiger partial charge on any atom is -0.370 e. The van der Waals surface area contributed by atoms with Gasteiger partial charge in [0.2, 0.25) is 0 Å². The van der Waals surface area contributed by atoms with Crippen molar-refractivity contribution in [3.8, 4) is 0 Å². The SMILES string of the molecule is CNC(C)c1ccc(N(C)Cc2ccc(Br)cc2)cc1. The lowest BCUT2D eigenvalue weighted by atomic mass is 10.1. The smallest absolute Gasteiger partial charge is 0.0426 e. The highest BCUT2D eigenvalue weighted by Gasteiger charge is 2.05. The normalized spacial score (nSPS) is 12.2. The van der Waals surface area contributed by atoms with Gasteiger partial charge in [-0.05, 0) is 49.4 Å². The molecule has 0 bridgehead atoms. The standard InChI is InChI=1S/C17H21BrN2/c1-13(19-2)15-6-10-17(11-7-15)20(3)12-14-4-8-16(18)9-5-14/h4-11,13,19H,12H2,1-3H3. The summed E-state index contributed by atoms with van der Waals surface area (Å²) >= 11 is 3.47. The van der Waals surface area contributed by atoms with Gasteiger partial charge in [-0.3, -0.25) is 0 Å². The minimum atomic E-state index is 0.390. The van der Waals surface area contributed by atoms with Crippen LogP contribution in [0.15, 0.2) is 53.0 Å². The van der Waals surface area contributed by atoms with E-state index in [4.69, 9.17) is 0 Å². The summed E-state index contributed by atoms with van der Waals surface area (Å²) in [6.45, 7) is 3.08. The van der Waals surface area contributed by atoms with Gasteiger partial charge in [-0.15, -0.1) is 0 Å². The highest BCUT2D eigenvalue weighted by molar-refractivity contribution is 9.10. The third-order valence-electron chi connectivity index (χ3n) is 3.60. The Kier molecular flexibility index (Phi) is 5.21. The molecule has 0 aliphatic carbocycles. The van der Waals surface area contributed by atoms with Crippen LogP contribution in [0.5, 0.6) is 0 Å². The van der Waals surface area contributed by atoms with Crippen LogP contribution in [0, 0.1) is 0 Å². The van der Waals surface area contributed by atoms with Crippen LogP contribution in [0.4, 0.5) is 5.69 Å². The molecule has 0 spiro atoms. The molecule has 1 N–H and O–H groups in total. The fourth-order valence-electron chi connectivity index (χ4n) is 2.14. The molecular formula is C17H21BrN2. The third kappa shape index (κ3) is 3.84. The topological polar surface area (TPSA) is 15.3 Å². The van der Waals surface area contributed by atoms with E-state index >= 15 is 0 Å². The molecule has 2 rings (SSSR count). The van der Waals surface area contributed by atoms with Crippen molar-refractivity contribution in [2.75, 3.05) is 19.0 Å². The van der Waals surface area contributed by atoms with Crippen molar-refractivity contribution in [2.24, 2.45) is 0 Å². The molecule has 2 nitrogen and oxygen atoms in total. The van der Waals surface area contributed by atoms with Crippen molar-refractivity contribution >= 4 is 21.6 Å². The van der Waals surface area contributed by atoms with E-state index in [9.17, 15) is 0 Å². The monoisotopic (exact) mass is 332 g/mol. The Morgan fingerprint density at radius 2 is 1.65 bits per heavy atom. The van der Waals surface area contributed by atoms with Crippen molar-refractivity contribution < 1.29 is 0 Å². The van der Waals surface area contributed by atoms with E-state index in [1.54, 1.807) is 0 Å². The van der Waals surface area contributed by atoms with Gasteiger partial charge < -0.3 is 10.2 Å². The molecule has 0 aliphatic heterocycles. The highest BCUT2D eigenvalue weighted by atomic mass is 79.9. The van der Waals surface area contributed by atoms with Gasteiger partial charge in [0.1, 0.15) is 0 Å². The molecule has 0 aliphatic rings. The van der Waals surface area contributed by atoms with E-state index in [-0.39, 0.29) is 0 Å². The second kappa shape index (κ2) is 6.91. The second-order valence-electron chi connectivity index (χ2n) is 5.08. The molecule has 0 saturated heterocycles. The molecule has 1 atom stereocenters. The van der Waals surface area contributed by atoms with Crippen LogP contribution in [0.25, 0.3) is 0 Å². The van der Waals surface area contributed by atoms with Crippen molar-refractivity contribution in [3.05, 3.63) is 64.1 Å². The van der Waals surface area contributed by atoms with Crippen molar-refractivity contribution in [1.82, 2.24) is 5.32 Å². The molecule has 0 saturated carbocycles. The molecular weight excluding hydrogens is 312 g/mol. The zero-order valence-corrected chi connectivity index (χ0v) is 13.8. The molecule has 0 aromatic heterocycles. The quantitative estimate of drug-likeness (QED) is 0.874. The fourth-order valence-corrected chi connectivity index (χ4v) is 2.40. The summed E-state index contributed by atoms with van der Waals surface area (Å²) in [7, 11) is 4.11. The summed E-state index contributed by atoms with van der Waals surface area (Å²) in [6.07, 6.45) is 0. The van der Waals surface area contributed by atoms with E-state index in [1.165, 1.54) is 16.8 Å². The number of hydrogen-bond donors (Lipinski definition) is 1. The molecule has 2 aromatic carbocycles. The Morgan fingerprint density at radius 3 is 2.20 bits per heavy atom. The van der Waals surface area contributed by atoms with Crippen LogP contribution in [0.1, 0.15) is 24.1 Å². The summed E-state index contributed by atoms with van der Waals surface area (Å²) in [4.78, 5) is 2.26. The number of rotatable bonds is 5. The zero-order chi connectivity index (χ0) is 14.5. The van der Waals surface area contributed by atoms with Crippen LogP contribution in [0.2, 0.25) is 0 Å². The molecule has 20 heavy (non-hydrogen) atoms. The molecule has 0 heterocycles. The van der Waals surface area contributed by atoms with E-state index in [0.717, 1.165) is 11.0 Å². The molecule has 106 valence electrons. The average molecular weight is 333 g/mol. The number of nitrogens with one attached hydrogen (secondary N) is 1. The summed E-state index contributed by atoms with van der Waals surface area (Å²) in [6, 6.07) is 17.6. The number of anilines is 1. The van der Waals surface area contributed by atoms with Crippen molar-refractivity contribution in [2.45, 2.75) is 19.5 Å². The second-order valence-corrected chi connectivity index (χ2v) is 6.00. The molecule has 0 radical (unpaired) electrons. The Hall–Kier alpha value is -1.32. The van der Waals surface area contributed by atoms with Crippen LogP contribution >= 0.6 is 15.9 Å². The van der Waals surface area contributed by atoms with E-state index in [2.05, 4.69) is 88.6 Å². The van der Waals surface area contributed by atoms with E-state index in [0.29, 0.717) is 6.04 Å². The van der Waals surface area contributed by atoms with Gasteiger partial charge in [-0.1, -0.05) is 40.2 Å². The van der Waals surface area contributed by atoms with Crippen LogP contribution in [-0.2, 0) is 6.54 Å². The van der Waals surface area contributed by atoms with Gasteiger partial charge in [0.25, 0.3) is 0 Å². The Bertz CT molecular complexity index is 534. The summed E-state index contributed by atoms with van der Waals surface area (Å²) < 4.78 is 1.12. The first-order valence-electron chi connectivity index (χ1n) is 6.83. The van der Waals surface area contributed by atoms with Crippen molar-refractivity contribution in [1.29, 1.82) is 0 Å². The largest absolute Gasteiger partial charge is 0.370 e. The minimum absolute atomic E-state index is 0.390. The summed E-state index contributed by atoms with van der Waals surface area (Å²) in [5.41, 5.74) is 3.86. The number of hydrogen-bond acceptors (Lipinski definition) is 2. The molecule has 2 aromatic rings. The molecule has 1 unspecified atom stereocenters. The summed E-state index contributed by atoms with van der Waals surface area (Å²) in [5, 5.41) is 3.26. The lowest BCUT2D eigenvalue weighted by Crippen LogP contribution is -2.17. The molecule has 0 fully saturated rings. The first-order valence-corrected chi connectivity index (χ1v) is 7.62. The van der Waals surface area contributed by atoms with E-state index < -0.39 is 0 Å². The van der Waals surface area contributed by atoms with E-state index in [1.807, 2.05) is 7.05 Å². The maximum Gasteiger partial charge on any atom is 0.0426 e. The van der Waals surface area contributed by atoms with Crippen molar-refractivity contribution in [3.63, 3.8) is 0 Å². The number of nitrogens with zero attached hydrogens (tertiary/aromatic N) is 1. The fraction of sp³-hybridized carbons (Fsp3) is 0.294. The Labute approximate surface area is 129 Å². The van der Waals surface area contributed by atoms with Crippen LogP contribution in [-0.4, -0.2) is 14.1 Å².